The van der Waals surface area contributed by atoms with E-state index < -0.39 is 0 Å². The van der Waals surface area contributed by atoms with Crippen LogP contribution in [0.15, 0.2) is 0 Å². The first kappa shape index (κ1) is 9.88. The maximum absolute atomic E-state index is 10.8. The van der Waals surface area contributed by atoms with Gasteiger partial charge in [-0.2, -0.15) is 0 Å². The van der Waals surface area contributed by atoms with Gasteiger partial charge in [0.25, 0.3) is 0 Å². The summed E-state index contributed by atoms with van der Waals surface area (Å²) in [4.78, 5) is 0. The molecule has 1 rings (SSSR count). The molecule has 2 atom stereocenters. The third-order valence-corrected chi connectivity index (χ3v) is 1.92. The average Bonchev–Trinajstić information content (AvgIpc) is 1.88. The molecule has 1 heterocycles. The fourth-order valence-electron chi connectivity index (χ4n) is 1.32. The van der Waals surface area contributed by atoms with Gasteiger partial charge in [-0.3, -0.25) is 0 Å². The summed E-state index contributed by atoms with van der Waals surface area (Å²) < 4.78 is 0. The van der Waals surface area contributed by atoms with Crippen molar-refractivity contribution < 1.29 is 5.06 Å². The Kier molecular flexibility index (Phi) is 4.60. The van der Waals surface area contributed by atoms with Crippen molar-refractivity contribution in [3.8, 4) is 0 Å². The fraction of sp³-hybridized carbons (Fsp3) is 1.00. The van der Waals surface area contributed by atoms with Crippen LogP contribution in [0.5, 0.6) is 0 Å². The Hall–Kier alpha value is -0.120. The van der Waals surface area contributed by atoms with E-state index in [-0.39, 0.29) is 7.43 Å². The van der Waals surface area contributed by atoms with E-state index in [0.29, 0.717) is 17.5 Å². The smallest absolute Gasteiger partial charge is 0.0809 e. The standard InChI is InChI=1S/C6H14N2O.CH4/c7-4-6-2-1-3-8(9)5-6;/h6,8H,1-5,7H2;1H4. The van der Waals surface area contributed by atoms with Crippen LogP contribution < -0.4 is 10.8 Å². The van der Waals surface area contributed by atoms with Crippen molar-refractivity contribution in [2.24, 2.45) is 11.7 Å². The van der Waals surface area contributed by atoms with E-state index in [1.807, 2.05) is 0 Å². The van der Waals surface area contributed by atoms with E-state index in [1.54, 1.807) is 0 Å². The summed E-state index contributed by atoms with van der Waals surface area (Å²) in [5, 5.41) is 11.2. The van der Waals surface area contributed by atoms with E-state index in [2.05, 4.69) is 0 Å². The number of hydrogen-bond donors (Lipinski definition) is 2. The first-order chi connectivity index (χ1) is 4.33. The molecule has 0 amide bonds. The minimum absolute atomic E-state index is 0. The molecule has 3 N–H and O–H groups in total. The third kappa shape index (κ3) is 2.64. The maximum atomic E-state index is 10.8. The van der Waals surface area contributed by atoms with Crippen LogP contribution in [0.1, 0.15) is 20.3 Å². The van der Waals surface area contributed by atoms with E-state index in [9.17, 15) is 5.21 Å². The molecule has 10 heavy (non-hydrogen) atoms. The highest BCUT2D eigenvalue weighted by molar-refractivity contribution is 4.61. The Morgan fingerprint density at radius 3 is 2.70 bits per heavy atom. The summed E-state index contributed by atoms with van der Waals surface area (Å²) in [6.45, 7) is 2.21. The van der Waals surface area contributed by atoms with Crippen molar-refractivity contribution in [2.45, 2.75) is 20.3 Å². The zero-order chi connectivity index (χ0) is 6.69. The molecule has 3 heteroatoms. The molecule has 0 radical (unpaired) electrons. The molecule has 2 unspecified atom stereocenters. The van der Waals surface area contributed by atoms with Crippen molar-refractivity contribution in [3.63, 3.8) is 0 Å². The molecule has 1 fully saturated rings. The molecule has 0 aromatic carbocycles. The fourth-order valence-corrected chi connectivity index (χ4v) is 1.32. The highest BCUT2D eigenvalue weighted by atomic mass is 16.5. The highest BCUT2D eigenvalue weighted by Gasteiger charge is 2.15. The topological polar surface area (TPSA) is 53.5 Å². The number of nitrogens with two attached hydrogens (primary N) is 1. The van der Waals surface area contributed by atoms with Gasteiger partial charge in [-0.15, -0.1) is 0 Å². The average molecular weight is 146 g/mol. The number of hydroxylamine groups is 2. The largest absolute Gasteiger partial charge is 0.634 e. The first-order valence-electron chi connectivity index (χ1n) is 3.54. The van der Waals surface area contributed by atoms with Crippen LogP contribution in [0, 0.1) is 11.1 Å². The van der Waals surface area contributed by atoms with Gasteiger partial charge in [-0.05, 0) is 12.8 Å². The monoisotopic (exact) mass is 146 g/mol. The molecule has 0 saturated carbocycles. The molecule has 0 spiro atoms. The van der Waals surface area contributed by atoms with Crippen LogP contribution in [0.4, 0.5) is 0 Å². The number of rotatable bonds is 1. The summed E-state index contributed by atoms with van der Waals surface area (Å²) in [7, 11) is 0. The van der Waals surface area contributed by atoms with Gasteiger partial charge in [0, 0.05) is 12.5 Å². The van der Waals surface area contributed by atoms with Crippen LogP contribution >= 0.6 is 0 Å². The van der Waals surface area contributed by atoms with Gasteiger partial charge < -0.3 is 16.0 Å². The predicted octanol–water partition coefficient (Wildman–Crippen LogP) is -0.626. The Morgan fingerprint density at radius 2 is 2.30 bits per heavy atom. The van der Waals surface area contributed by atoms with Crippen LogP contribution in [-0.4, -0.2) is 19.6 Å². The number of hydrogen-bond acceptors (Lipinski definition) is 2. The van der Waals surface area contributed by atoms with Crippen molar-refractivity contribution in [2.75, 3.05) is 19.6 Å². The summed E-state index contributed by atoms with van der Waals surface area (Å²) in [6.07, 6.45) is 2.21. The second-order valence-electron chi connectivity index (χ2n) is 2.74. The number of nitrogens with one attached hydrogen (secondary N) is 1. The molecule has 0 aliphatic carbocycles. The minimum Gasteiger partial charge on any atom is -0.634 e. The Morgan fingerprint density at radius 1 is 1.60 bits per heavy atom. The normalized spacial score (nSPS) is 33.0. The molecule has 1 aliphatic heterocycles. The van der Waals surface area contributed by atoms with Crippen LogP contribution in [-0.2, 0) is 0 Å². The molecule has 0 aromatic rings. The molecular formula is C7H18N2O. The molecular weight excluding hydrogens is 128 g/mol. The lowest BCUT2D eigenvalue weighted by atomic mass is 10.00. The SMILES string of the molecule is C.NCC1CCC[NH+]([O-])C1. The molecule has 1 saturated heterocycles. The zero-order valence-corrected chi connectivity index (χ0v) is 5.60. The Bertz CT molecular complexity index is 87.7. The third-order valence-electron chi connectivity index (χ3n) is 1.92. The van der Waals surface area contributed by atoms with Gasteiger partial charge >= 0.3 is 0 Å². The molecule has 62 valence electrons. The van der Waals surface area contributed by atoms with Crippen molar-refractivity contribution in [3.05, 3.63) is 5.21 Å². The zero-order valence-electron chi connectivity index (χ0n) is 5.60. The number of quaternary nitrogens is 1. The lowest BCUT2D eigenvalue weighted by molar-refractivity contribution is -0.857. The summed E-state index contributed by atoms with van der Waals surface area (Å²) in [6, 6.07) is 0. The van der Waals surface area contributed by atoms with Crippen molar-refractivity contribution >= 4 is 0 Å². The minimum atomic E-state index is 0. The lowest BCUT2D eigenvalue weighted by Gasteiger charge is -2.31. The van der Waals surface area contributed by atoms with Gasteiger partial charge in [0.1, 0.15) is 0 Å². The second-order valence-corrected chi connectivity index (χ2v) is 2.74. The van der Waals surface area contributed by atoms with Crippen LogP contribution in [0.3, 0.4) is 0 Å². The van der Waals surface area contributed by atoms with Gasteiger partial charge in [0.05, 0.1) is 13.1 Å². The Balaban J connectivity index is 0.000000810. The van der Waals surface area contributed by atoms with E-state index in [0.717, 1.165) is 25.9 Å². The lowest BCUT2D eigenvalue weighted by Crippen LogP contribution is -3.09. The molecule has 0 aromatic heterocycles. The van der Waals surface area contributed by atoms with Gasteiger partial charge in [0.2, 0.25) is 0 Å². The second kappa shape index (κ2) is 4.66. The van der Waals surface area contributed by atoms with Crippen molar-refractivity contribution in [1.29, 1.82) is 0 Å². The first-order valence-corrected chi connectivity index (χ1v) is 3.54. The number of piperidine rings is 1. The van der Waals surface area contributed by atoms with Gasteiger partial charge in [0.15, 0.2) is 0 Å². The van der Waals surface area contributed by atoms with Crippen molar-refractivity contribution in [1.82, 2.24) is 0 Å². The molecule has 3 nitrogen and oxygen atoms in total. The van der Waals surface area contributed by atoms with E-state index in [4.69, 9.17) is 5.73 Å². The maximum Gasteiger partial charge on any atom is 0.0809 e. The van der Waals surface area contributed by atoms with E-state index in [1.165, 1.54) is 0 Å². The summed E-state index contributed by atoms with van der Waals surface area (Å²) >= 11 is 0. The Labute approximate surface area is 62.8 Å². The molecule has 1 aliphatic rings. The summed E-state index contributed by atoms with van der Waals surface area (Å²) in [5.74, 6) is 0.492. The van der Waals surface area contributed by atoms with E-state index >= 15 is 0 Å². The van der Waals surface area contributed by atoms with Gasteiger partial charge in [-0.1, -0.05) is 7.43 Å². The van der Waals surface area contributed by atoms with Gasteiger partial charge in [-0.25, -0.2) is 0 Å². The highest BCUT2D eigenvalue weighted by Crippen LogP contribution is 2.03. The molecule has 0 bridgehead atoms. The van der Waals surface area contributed by atoms with Crippen LogP contribution in [0.25, 0.3) is 0 Å². The summed E-state index contributed by atoms with van der Waals surface area (Å²) in [5.41, 5.74) is 5.41. The van der Waals surface area contributed by atoms with Crippen LogP contribution in [0.2, 0.25) is 0 Å². The predicted molar refractivity (Wildman–Crippen MR) is 42.6 cm³/mol. The quantitative estimate of drug-likeness (QED) is 0.484.